The fraction of sp³-hybridized carbons (Fsp3) is 0.750. The molecule has 1 unspecified atom stereocenters. The Morgan fingerprint density at radius 2 is 1.82 bits per heavy atom. The van der Waals surface area contributed by atoms with Crippen LogP contribution < -0.4 is 11.6 Å². The number of nitrogens with two attached hydrogens (primary N) is 2. The summed E-state index contributed by atoms with van der Waals surface area (Å²) in [5.41, 5.74) is 5.08. The first-order valence-corrected chi connectivity index (χ1v) is 2.85. The highest BCUT2D eigenvalue weighted by molar-refractivity contribution is 4.51. The van der Waals surface area contributed by atoms with E-state index < -0.39 is 0 Å². The number of allylic oxidation sites excluding steroid dienone is 1. The normalized spacial score (nSPS) is 9.09. The second-order valence-corrected chi connectivity index (χ2v) is 1.59. The van der Waals surface area contributed by atoms with Gasteiger partial charge in [-0.2, -0.15) is 0 Å². The van der Waals surface area contributed by atoms with E-state index in [9.17, 15) is 0 Å². The van der Waals surface area contributed by atoms with E-state index in [0.29, 0.717) is 6.54 Å². The molecule has 3 heteroatoms. The van der Waals surface area contributed by atoms with E-state index >= 15 is 0 Å². The molecule has 0 aromatic heterocycles. The first-order valence-electron chi connectivity index (χ1n) is 2.85. The summed E-state index contributed by atoms with van der Waals surface area (Å²) in [6.45, 7) is 7.54. The van der Waals surface area contributed by atoms with Gasteiger partial charge in [0, 0.05) is 6.54 Å². The Bertz CT molecular complexity index is 54.1. The molecule has 72 valence electrons. The molecule has 0 aromatic carbocycles. The minimum atomic E-state index is -0.00926. The molecule has 0 saturated carbocycles. The minimum absolute atomic E-state index is 0. The van der Waals surface area contributed by atoms with E-state index in [1.54, 1.807) is 13.0 Å². The van der Waals surface area contributed by atoms with Gasteiger partial charge in [-0.25, -0.2) is 5.90 Å². The third-order valence-corrected chi connectivity index (χ3v) is 0.564. The van der Waals surface area contributed by atoms with Gasteiger partial charge in [0.05, 0.1) is 6.10 Å². The molecule has 0 amide bonds. The Balaban J connectivity index is -0.0000000437. The third-order valence-electron chi connectivity index (χ3n) is 0.564. The fourth-order valence-electron chi connectivity index (χ4n) is 0.0556. The molecule has 0 aliphatic carbocycles. The van der Waals surface area contributed by atoms with Crippen LogP contribution in [-0.2, 0) is 4.84 Å². The highest BCUT2D eigenvalue weighted by atomic mass is 16.6. The molecule has 0 heterocycles. The number of hydrogen-bond donors (Lipinski definition) is 2. The van der Waals surface area contributed by atoms with Crippen LogP contribution >= 0.6 is 0 Å². The zero-order chi connectivity index (χ0) is 7.70. The van der Waals surface area contributed by atoms with Crippen molar-refractivity contribution in [2.75, 3.05) is 6.54 Å². The van der Waals surface area contributed by atoms with E-state index in [-0.39, 0.29) is 21.0 Å². The van der Waals surface area contributed by atoms with Crippen molar-refractivity contribution in [3.63, 3.8) is 0 Å². The Labute approximate surface area is 71.4 Å². The predicted octanol–water partition coefficient (Wildman–Crippen LogP) is 1.69. The molecule has 11 heavy (non-hydrogen) atoms. The van der Waals surface area contributed by atoms with Crippen LogP contribution in [0.3, 0.4) is 0 Å². The van der Waals surface area contributed by atoms with Gasteiger partial charge in [-0.05, 0) is 13.8 Å². The molecule has 4 N–H and O–H groups in total. The third kappa shape index (κ3) is 42.6. The van der Waals surface area contributed by atoms with Crippen molar-refractivity contribution in [2.45, 2.75) is 34.8 Å². The average Bonchev–Trinajstić information content (AvgIpc) is 1.88. The summed E-state index contributed by atoms with van der Waals surface area (Å²) in [5, 5.41) is 0. The molecule has 1 atom stereocenters. The van der Waals surface area contributed by atoms with Gasteiger partial charge >= 0.3 is 0 Å². The molecule has 0 saturated heterocycles. The summed E-state index contributed by atoms with van der Waals surface area (Å²) < 4.78 is 0. The molecule has 0 radical (unpaired) electrons. The lowest BCUT2D eigenvalue weighted by molar-refractivity contribution is 0.0728. The molecule has 0 fully saturated rings. The van der Waals surface area contributed by atoms with Crippen LogP contribution in [0.4, 0.5) is 0 Å². The summed E-state index contributed by atoms with van der Waals surface area (Å²) in [4.78, 5) is 4.27. The van der Waals surface area contributed by atoms with E-state index in [1.807, 2.05) is 6.92 Å². The maximum Gasteiger partial charge on any atom is 0.0881 e. The maximum absolute atomic E-state index is 5.08. The number of rotatable bonds is 2. The molecule has 0 aromatic rings. The lowest BCUT2D eigenvalue weighted by atomic mass is 10.4. The lowest BCUT2D eigenvalue weighted by Gasteiger charge is -2.00. The SMILES string of the molecule is C.C.C=CC.CC(CN)ON. The van der Waals surface area contributed by atoms with Crippen molar-refractivity contribution in [1.29, 1.82) is 0 Å². The van der Waals surface area contributed by atoms with Gasteiger partial charge in [-0.15, -0.1) is 6.58 Å². The van der Waals surface area contributed by atoms with Gasteiger partial charge < -0.3 is 10.6 Å². The van der Waals surface area contributed by atoms with Crippen molar-refractivity contribution in [3.05, 3.63) is 12.7 Å². The van der Waals surface area contributed by atoms with Gasteiger partial charge in [-0.1, -0.05) is 20.9 Å². The van der Waals surface area contributed by atoms with Gasteiger partial charge in [0.2, 0.25) is 0 Å². The molecule has 0 bridgehead atoms. The largest absolute Gasteiger partial charge is 0.328 e. The molecule has 0 aliphatic heterocycles. The highest BCUT2D eigenvalue weighted by Gasteiger charge is 1.89. The van der Waals surface area contributed by atoms with E-state index in [4.69, 9.17) is 11.6 Å². The Hall–Kier alpha value is -0.380. The molecule has 3 nitrogen and oxygen atoms in total. The van der Waals surface area contributed by atoms with Gasteiger partial charge in [-0.3, -0.25) is 0 Å². The first kappa shape index (κ1) is 22.4. The van der Waals surface area contributed by atoms with Crippen molar-refractivity contribution in [1.82, 2.24) is 0 Å². The zero-order valence-corrected chi connectivity index (χ0v) is 6.13. The van der Waals surface area contributed by atoms with Crippen LogP contribution in [0, 0.1) is 0 Å². The van der Waals surface area contributed by atoms with Gasteiger partial charge in [0.15, 0.2) is 0 Å². The first-order chi connectivity index (χ1) is 4.22. The smallest absolute Gasteiger partial charge is 0.0881 e. The van der Waals surface area contributed by atoms with Crippen molar-refractivity contribution in [3.8, 4) is 0 Å². The highest BCUT2D eigenvalue weighted by Crippen LogP contribution is 1.74. The lowest BCUT2D eigenvalue weighted by Crippen LogP contribution is -2.22. The van der Waals surface area contributed by atoms with E-state index in [1.165, 1.54) is 0 Å². The van der Waals surface area contributed by atoms with Crippen LogP contribution in [0.2, 0.25) is 0 Å². The fourth-order valence-corrected chi connectivity index (χ4v) is 0.0556. The van der Waals surface area contributed by atoms with Crippen LogP contribution in [0.15, 0.2) is 12.7 Å². The summed E-state index contributed by atoms with van der Waals surface area (Å²) in [7, 11) is 0. The topological polar surface area (TPSA) is 61.3 Å². The molecule has 0 spiro atoms. The second kappa shape index (κ2) is 22.6. The van der Waals surface area contributed by atoms with Crippen LogP contribution in [0.5, 0.6) is 0 Å². The Morgan fingerprint density at radius 1 is 1.55 bits per heavy atom. The van der Waals surface area contributed by atoms with Crippen molar-refractivity contribution in [2.24, 2.45) is 11.6 Å². The maximum atomic E-state index is 5.08. The van der Waals surface area contributed by atoms with Gasteiger partial charge in [0.25, 0.3) is 0 Å². The van der Waals surface area contributed by atoms with Crippen LogP contribution in [0.25, 0.3) is 0 Å². The van der Waals surface area contributed by atoms with Crippen molar-refractivity contribution >= 4 is 0 Å². The van der Waals surface area contributed by atoms with Crippen molar-refractivity contribution < 1.29 is 4.84 Å². The summed E-state index contributed by atoms with van der Waals surface area (Å²) in [6, 6.07) is 0. The summed E-state index contributed by atoms with van der Waals surface area (Å²) in [5.74, 6) is 4.70. The molecule has 0 rings (SSSR count). The van der Waals surface area contributed by atoms with Crippen LogP contribution in [0.1, 0.15) is 28.7 Å². The Morgan fingerprint density at radius 3 is 1.82 bits per heavy atom. The van der Waals surface area contributed by atoms with Crippen LogP contribution in [-0.4, -0.2) is 12.6 Å². The molecular formula is C8H24N2O. The monoisotopic (exact) mass is 164 g/mol. The standard InChI is InChI=1S/C3H10N2O.C3H6.2CH4/c1-3(2-4)6-5;1-3-2;;/h3H,2,4-5H2,1H3;3H,1H2,2H3;2*1H4. The zero-order valence-electron chi connectivity index (χ0n) is 6.13. The van der Waals surface area contributed by atoms with E-state index in [0.717, 1.165) is 0 Å². The van der Waals surface area contributed by atoms with E-state index in [2.05, 4.69) is 11.4 Å². The second-order valence-electron chi connectivity index (χ2n) is 1.59. The predicted molar refractivity (Wildman–Crippen MR) is 53.1 cm³/mol. The minimum Gasteiger partial charge on any atom is -0.328 e. The average molecular weight is 164 g/mol. The summed E-state index contributed by atoms with van der Waals surface area (Å²) in [6.07, 6.45) is 1.74. The Kier molecular flexibility index (Phi) is 46.1. The molecule has 0 aliphatic rings. The number of hydrogen-bond acceptors (Lipinski definition) is 3. The summed E-state index contributed by atoms with van der Waals surface area (Å²) >= 11 is 0. The quantitative estimate of drug-likeness (QED) is 0.482. The van der Waals surface area contributed by atoms with Gasteiger partial charge in [0.1, 0.15) is 0 Å². The molecular weight excluding hydrogens is 140 g/mol.